The first kappa shape index (κ1) is 14.4. The molecule has 1 amide bonds. The van der Waals surface area contributed by atoms with Crippen molar-refractivity contribution in [2.75, 3.05) is 14.1 Å². The Morgan fingerprint density at radius 2 is 2.05 bits per heavy atom. The highest BCUT2D eigenvalue weighted by Crippen LogP contribution is 2.23. The van der Waals surface area contributed by atoms with Crippen LogP contribution < -0.4 is 0 Å². The van der Waals surface area contributed by atoms with Gasteiger partial charge in [-0.15, -0.1) is 0 Å². The van der Waals surface area contributed by atoms with Gasteiger partial charge in [0.25, 0.3) is 5.91 Å². The molecule has 0 saturated heterocycles. The summed E-state index contributed by atoms with van der Waals surface area (Å²) in [5, 5.41) is 19.0. The van der Waals surface area contributed by atoms with Gasteiger partial charge in [-0.2, -0.15) is 10.5 Å². The van der Waals surface area contributed by atoms with Gasteiger partial charge in [0.05, 0.1) is 6.07 Å². The molecule has 1 aromatic carbocycles. The van der Waals surface area contributed by atoms with E-state index in [0.29, 0.717) is 0 Å². The van der Waals surface area contributed by atoms with E-state index in [1.807, 2.05) is 30.3 Å². The lowest BCUT2D eigenvalue weighted by Gasteiger charge is -2.08. The molecule has 1 heterocycles. The highest BCUT2D eigenvalue weighted by molar-refractivity contribution is 6.03. The standard InChI is InChI=1S/C16H14N4O/c1-19(2)16(21)12(10-18)9-13-11-20(8-7-17)15-6-4-3-5-14(13)15/h3-6,9,11H,8H2,1-2H3/b12-9-. The quantitative estimate of drug-likeness (QED) is 0.638. The fourth-order valence-corrected chi connectivity index (χ4v) is 2.14. The van der Waals surface area contributed by atoms with Crippen LogP contribution in [0.2, 0.25) is 0 Å². The van der Waals surface area contributed by atoms with Gasteiger partial charge in [-0.3, -0.25) is 4.79 Å². The van der Waals surface area contributed by atoms with Crippen molar-refractivity contribution in [3.63, 3.8) is 0 Å². The highest BCUT2D eigenvalue weighted by Gasteiger charge is 2.13. The van der Waals surface area contributed by atoms with E-state index in [4.69, 9.17) is 10.5 Å². The second kappa shape index (κ2) is 5.94. The minimum absolute atomic E-state index is 0.0693. The van der Waals surface area contributed by atoms with Crippen LogP contribution in [0.1, 0.15) is 5.56 Å². The summed E-state index contributed by atoms with van der Waals surface area (Å²) in [6.45, 7) is 0.220. The smallest absolute Gasteiger partial charge is 0.264 e. The molecule has 0 unspecified atom stereocenters. The molecule has 0 radical (unpaired) electrons. The number of hydrogen-bond acceptors (Lipinski definition) is 3. The maximum Gasteiger partial charge on any atom is 0.264 e. The number of likely N-dealkylation sites (N-methyl/N-ethyl adjacent to an activating group) is 1. The number of rotatable bonds is 3. The van der Waals surface area contributed by atoms with Gasteiger partial charge in [0.1, 0.15) is 18.2 Å². The lowest BCUT2D eigenvalue weighted by molar-refractivity contribution is -0.124. The molecule has 21 heavy (non-hydrogen) atoms. The van der Waals surface area contributed by atoms with Crippen molar-refractivity contribution >= 4 is 22.9 Å². The molecule has 104 valence electrons. The van der Waals surface area contributed by atoms with Crippen LogP contribution in [0.3, 0.4) is 0 Å². The summed E-state index contributed by atoms with van der Waals surface area (Å²) in [4.78, 5) is 13.3. The van der Waals surface area contributed by atoms with Crippen molar-refractivity contribution < 1.29 is 4.79 Å². The number of carbonyl (C=O) groups is 1. The molecule has 0 spiro atoms. The zero-order valence-electron chi connectivity index (χ0n) is 11.9. The van der Waals surface area contributed by atoms with Crippen LogP contribution in [-0.2, 0) is 11.3 Å². The van der Waals surface area contributed by atoms with Crippen LogP contribution in [-0.4, -0.2) is 29.5 Å². The first-order valence-corrected chi connectivity index (χ1v) is 6.36. The molecule has 0 saturated carbocycles. The lowest BCUT2D eigenvalue weighted by Crippen LogP contribution is -2.22. The van der Waals surface area contributed by atoms with E-state index in [-0.39, 0.29) is 18.0 Å². The fourth-order valence-electron chi connectivity index (χ4n) is 2.14. The number of aromatic nitrogens is 1. The number of nitriles is 2. The number of nitrogens with zero attached hydrogens (tertiary/aromatic N) is 4. The zero-order chi connectivity index (χ0) is 15.4. The molecule has 2 aromatic rings. The molecule has 1 aromatic heterocycles. The molecule has 2 rings (SSSR count). The van der Waals surface area contributed by atoms with Gasteiger partial charge < -0.3 is 9.47 Å². The second-order valence-corrected chi connectivity index (χ2v) is 4.76. The fraction of sp³-hybridized carbons (Fsp3) is 0.188. The summed E-state index contributed by atoms with van der Waals surface area (Å²) in [5.41, 5.74) is 1.73. The Morgan fingerprint density at radius 3 is 2.67 bits per heavy atom. The van der Waals surface area contributed by atoms with Crippen molar-refractivity contribution in [1.29, 1.82) is 10.5 Å². The van der Waals surface area contributed by atoms with E-state index >= 15 is 0 Å². The SMILES string of the molecule is CN(C)C(=O)/C(C#N)=C\c1cn(CC#N)c2ccccc12. The first-order valence-electron chi connectivity index (χ1n) is 6.36. The van der Waals surface area contributed by atoms with Gasteiger partial charge in [-0.25, -0.2) is 0 Å². The molecule has 0 bridgehead atoms. The first-order chi connectivity index (χ1) is 10.1. The van der Waals surface area contributed by atoms with E-state index in [0.717, 1.165) is 16.5 Å². The third kappa shape index (κ3) is 2.77. The minimum atomic E-state index is -0.338. The number of para-hydroxylation sites is 1. The Kier molecular flexibility index (Phi) is 4.06. The van der Waals surface area contributed by atoms with Crippen LogP contribution >= 0.6 is 0 Å². The summed E-state index contributed by atoms with van der Waals surface area (Å²) in [6, 6.07) is 11.6. The van der Waals surface area contributed by atoms with Crippen molar-refractivity contribution in [3.05, 3.63) is 41.6 Å². The Bertz CT molecular complexity index is 800. The Balaban J connectivity index is 2.60. The number of fused-ring (bicyclic) bond motifs is 1. The van der Waals surface area contributed by atoms with Crippen LogP contribution in [0, 0.1) is 22.7 Å². The predicted octanol–water partition coefficient (Wildman–Crippen LogP) is 2.16. The van der Waals surface area contributed by atoms with Gasteiger partial charge >= 0.3 is 0 Å². The molecule has 5 nitrogen and oxygen atoms in total. The lowest BCUT2D eigenvalue weighted by atomic mass is 10.1. The Labute approximate surface area is 122 Å². The normalized spacial score (nSPS) is 11.0. The minimum Gasteiger partial charge on any atom is -0.344 e. The maximum atomic E-state index is 11.9. The van der Waals surface area contributed by atoms with E-state index in [1.165, 1.54) is 4.90 Å². The number of carbonyl (C=O) groups excluding carboxylic acids is 1. The third-order valence-corrected chi connectivity index (χ3v) is 3.12. The zero-order valence-corrected chi connectivity index (χ0v) is 11.9. The molecule has 0 fully saturated rings. The van der Waals surface area contributed by atoms with Crippen LogP contribution in [0.25, 0.3) is 17.0 Å². The van der Waals surface area contributed by atoms with Gasteiger partial charge in [0, 0.05) is 36.8 Å². The number of hydrogen-bond donors (Lipinski definition) is 0. The van der Waals surface area contributed by atoms with Crippen molar-refractivity contribution in [2.24, 2.45) is 0 Å². The van der Waals surface area contributed by atoms with Gasteiger partial charge in [0.2, 0.25) is 0 Å². The molecule has 5 heteroatoms. The van der Waals surface area contributed by atoms with Crippen LogP contribution in [0.15, 0.2) is 36.0 Å². The summed E-state index contributed by atoms with van der Waals surface area (Å²) >= 11 is 0. The van der Waals surface area contributed by atoms with Crippen LogP contribution in [0.4, 0.5) is 0 Å². The average Bonchev–Trinajstić information content (AvgIpc) is 2.83. The molecule has 0 aliphatic carbocycles. The largest absolute Gasteiger partial charge is 0.344 e. The molecular formula is C16H14N4O. The molecular weight excluding hydrogens is 264 g/mol. The summed E-state index contributed by atoms with van der Waals surface area (Å²) in [7, 11) is 3.21. The van der Waals surface area contributed by atoms with Crippen molar-refractivity contribution in [2.45, 2.75) is 6.54 Å². The molecule has 0 aliphatic heterocycles. The Morgan fingerprint density at radius 1 is 1.33 bits per heavy atom. The van der Waals surface area contributed by atoms with Crippen molar-refractivity contribution in [3.8, 4) is 12.1 Å². The summed E-state index contributed by atoms with van der Waals surface area (Å²) in [6.07, 6.45) is 3.35. The summed E-state index contributed by atoms with van der Waals surface area (Å²) in [5.74, 6) is -0.338. The average molecular weight is 278 g/mol. The predicted molar refractivity (Wildman–Crippen MR) is 79.8 cm³/mol. The van der Waals surface area contributed by atoms with E-state index in [1.54, 1.807) is 30.9 Å². The summed E-state index contributed by atoms with van der Waals surface area (Å²) < 4.78 is 1.80. The van der Waals surface area contributed by atoms with Gasteiger partial charge in [-0.1, -0.05) is 18.2 Å². The molecule has 0 aliphatic rings. The Hall–Kier alpha value is -3.05. The number of benzene rings is 1. The highest BCUT2D eigenvalue weighted by atomic mass is 16.2. The van der Waals surface area contributed by atoms with E-state index in [9.17, 15) is 4.79 Å². The third-order valence-electron chi connectivity index (χ3n) is 3.12. The number of amides is 1. The van der Waals surface area contributed by atoms with E-state index < -0.39 is 0 Å². The maximum absolute atomic E-state index is 11.9. The van der Waals surface area contributed by atoms with Crippen molar-refractivity contribution in [1.82, 2.24) is 9.47 Å². The topological polar surface area (TPSA) is 72.8 Å². The van der Waals surface area contributed by atoms with Gasteiger partial charge in [-0.05, 0) is 12.1 Å². The molecule has 0 N–H and O–H groups in total. The van der Waals surface area contributed by atoms with Crippen LogP contribution in [0.5, 0.6) is 0 Å². The van der Waals surface area contributed by atoms with E-state index in [2.05, 4.69) is 6.07 Å². The second-order valence-electron chi connectivity index (χ2n) is 4.76. The monoisotopic (exact) mass is 278 g/mol. The molecule has 0 atom stereocenters. The van der Waals surface area contributed by atoms with Gasteiger partial charge in [0.15, 0.2) is 0 Å².